The van der Waals surface area contributed by atoms with Crippen LogP contribution in [0.5, 0.6) is 0 Å². The van der Waals surface area contributed by atoms with E-state index in [1.54, 1.807) is 11.3 Å². The number of aromatic nitrogens is 4. The first kappa shape index (κ1) is 19.3. The van der Waals surface area contributed by atoms with Gasteiger partial charge in [-0.15, -0.1) is 32.9 Å². The average Bonchev–Trinajstić information content (AvgIpc) is 3.42. The molecular weight excluding hydrogens is 478 g/mol. The van der Waals surface area contributed by atoms with Gasteiger partial charge in [0.05, 0.1) is 16.3 Å². The van der Waals surface area contributed by atoms with Crippen molar-refractivity contribution < 1.29 is 4.79 Å². The van der Waals surface area contributed by atoms with Gasteiger partial charge in [-0.25, -0.2) is 4.98 Å². The van der Waals surface area contributed by atoms with E-state index >= 15 is 0 Å². The average molecular weight is 492 g/mol. The van der Waals surface area contributed by atoms with Crippen LogP contribution in [0, 0.1) is 0 Å². The van der Waals surface area contributed by atoms with E-state index in [2.05, 4.69) is 36.4 Å². The van der Waals surface area contributed by atoms with E-state index in [4.69, 9.17) is 0 Å². The Labute approximate surface area is 182 Å². The summed E-state index contributed by atoms with van der Waals surface area (Å²) < 4.78 is 2.92. The molecule has 0 radical (unpaired) electrons. The van der Waals surface area contributed by atoms with Gasteiger partial charge in [0, 0.05) is 22.5 Å². The molecule has 1 aromatic carbocycles. The van der Waals surface area contributed by atoms with Crippen LogP contribution in [0.3, 0.4) is 0 Å². The number of thiophene rings is 1. The number of carbonyl (C=O) groups excluding carboxylic acids is 1. The molecule has 1 N–H and O–H groups in total. The van der Waals surface area contributed by atoms with Gasteiger partial charge in [-0.3, -0.25) is 4.79 Å². The highest BCUT2D eigenvalue weighted by atomic mass is 79.9. The van der Waals surface area contributed by atoms with Crippen LogP contribution in [0.25, 0.3) is 22.0 Å². The standard InChI is InChI=1S/C18H14BrN5OS3/c1-24-16(14-3-2-8-26-14)22-23-18(24)28-10-15(25)21-17-20-13(9-27-17)11-4-6-12(19)7-5-11/h2-9H,10H2,1H3,(H,20,21,25). The second kappa shape index (κ2) is 8.56. The van der Waals surface area contributed by atoms with Crippen LogP contribution in [-0.2, 0) is 11.8 Å². The van der Waals surface area contributed by atoms with Crippen molar-refractivity contribution in [1.29, 1.82) is 0 Å². The van der Waals surface area contributed by atoms with Crippen molar-refractivity contribution in [2.45, 2.75) is 5.16 Å². The van der Waals surface area contributed by atoms with E-state index in [9.17, 15) is 4.79 Å². The molecule has 0 saturated carbocycles. The van der Waals surface area contributed by atoms with Crippen molar-refractivity contribution >= 4 is 61.4 Å². The first-order valence-corrected chi connectivity index (χ1v) is 11.7. The highest BCUT2D eigenvalue weighted by Crippen LogP contribution is 2.28. The Hall–Kier alpha value is -2.01. The van der Waals surface area contributed by atoms with Gasteiger partial charge in [-0.1, -0.05) is 45.9 Å². The van der Waals surface area contributed by atoms with E-state index in [1.807, 2.05) is 58.8 Å². The maximum absolute atomic E-state index is 12.3. The third kappa shape index (κ3) is 4.35. The fraction of sp³-hybridized carbons (Fsp3) is 0.111. The van der Waals surface area contributed by atoms with E-state index in [0.29, 0.717) is 10.3 Å². The molecule has 0 aliphatic heterocycles. The number of thiazole rings is 1. The van der Waals surface area contributed by atoms with Crippen LogP contribution < -0.4 is 5.32 Å². The second-order valence-corrected chi connectivity index (χ2v) is 9.39. The third-order valence-corrected chi connectivity index (χ3v) is 6.97. The Bertz CT molecular complexity index is 1090. The smallest absolute Gasteiger partial charge is 0.236 e. The van der Waals surface area contributed by atoms with E-state index in [0.717, 1.165) is 26.4 Å². The largest absolute Gasteiger partial charge is 0.304 e. The predicted molar refractivity (Wildman–Crippen MR) is 119 cm³/mol. The van der Waals surface area contributed by atoms with Crippen molar-refractivity contribution in [2.24, 2.45) is 7.05 Å². The molecule has 0 fully saturated rings. The van der Waals surface area contributed by atoms with Gasteiger partial charge in [0.2, 0.25) is 5.91 Å². The topological polar surface area (TPSA) is 72.7 Å². The maximum atomic E-state index is 12.3. The molecule has 0 spiro atoms. The van der Waals surface area contributed by atoms with Crippen LogP contribution >= 0.6 is 50.4 Å². The lowest BCUT2D eigenvalue weighted by molar-refractivity contribution is -0.113. The monoisotopic (exact) mass is 491 g/mol. The Morgan fingerprint density at radius 1 is 1.21 bits per heavy atom. The number of hydrogen-bond donors (Lipinski definition) is 1. The minimum Gasteiger partial charge on any atom is -0.304 e. The highest BCUT2D eigenvalue weighted by Gasteiger charge is 2.14. The third-order valence-electron chi connectivity index (χ3n) is 3.80. The van der Waals surface area contributed by atoms with E-state index in [-0.39, 0.29) is 11.7 Å². The van der Waals surface area contributed by atoms with Crippen molar-refractivity contribution in [2.75, 3.05) is 11.1 Å². The molecule has 0 atom stereocenters. The summed E-state index contributed by atoms with van der Waals surface area (Å²) in [6.07, 6.45) is 0. The van der Waals surface area contributed by atoms with Gasteiger partial charge in [0.1, 0.15) is 0 Å². The molecule has 0 aliphatic carbocycles. The SMILES string of the molecule is Cn1c(SCC(=O)Nc2nc(-c3ccc(Br)cc3)cs2)nnc1-c1cccs1. The van der Waals surface area contributed by atoms with Gasteiger partial charge in [-0.2, -0.15) is 0 Å². The van der Waals surface area contributed by atoms with Crippen LogP contribution in [0.2, 0.25) is 0 Å². The van der Waals surface area contributed by atoms with Crippen molar-refractivity contribution in [3.63, 3.8) is 0 Å². The maximum Gasteiger partial charge on any atom is 0.236 e. The molecule has 4 aromatic rings. The number of hydrogen-bond acceptors (Lipinski definition) is 7. The summed E-state index contributed by atoms with van der Waals surface area (Å²) in [6.45, 7) is 0. The predicted octanol–water partition coefficient (Wildman–Crippen LogP) is 5.16. The summed E-state index contributed by atoms with van der Waals surface area (Å²) >= 11 is 7.79. The minimum atomic E-state index is -0.123. The first-order chi connectivity index (χ1) is 13.6. The minimum absolute atomic E-state index is 0.123. The number of rotatable bonds is 6. The summed E-state index contributed by atoms with van der Waals surface area (Å²) in [7, 11) is 1.90. The van der Waals surface area contributed by atoms with Gasteiger partial charge in [0.25, 0.3) is 0 Å². The zero-order chi connectivity index (χ0) is 19.5. The summed E-state index contributed by atoms with van der Waals surface area (Å²) in [5.41, 5.74) is 1.85. The molecule has 10 heteroatoms. The number of carbonyl (C=O) groups is 1. The lowest BCUT2D eigenvalue weighted by atomic mass is 10.2. The molecule has 3 aromatic heterocycles. The van der Waals surface area contributed by atoms with Gasteiger partial charge >= 0.3 is 0 Å². The van der Waals surface area contributed by atoms with E-state index in [1.165, 1.54) is 23.1 Å². The fourth-order valence-corrected chi connectivity index (χ4v) is 4.89. The quantitative estimate of drug-likeness (QED) is 0.377. The molecule has 0 saturated heterocycles. The number of thioether (sulfide) groups is 1. The normalized spacial score (nSPS) is 10.9. The summed E-state index contributed by atoms with van der Waals surface area (Å²) in [4.78, 5) is 17.8. The number of benzene rings is 1. The van der Waals surface area contributed by atoms with Crippen LogP contribution in [-0.4, -0.2) is 31.4 Å². The lowest BCUT2D eigenvalue weighted by Crippen LogP contribution is -2.14. The molecule has 3 heterocycles. The zero-order valence-electron chi connectivity index (χ0n) is 14.6. The molecule has 0 unspecified atom stereocenters. The van der Waals surface area contributed by atoms with Crippen molar-refractivity contribution in [3.05, 3.63) is 51.6 Å². The number of halogens is 1. The van der Waals surface area contributed by atoms with Crippen molar-refractivity contribution in [1.82, 2.24) is 19.7 Å². The Morgan fingerprint density at radius 3 is 2.79 bits per heavy atom. The number of nitrogens with zero attached hydrogens (tertiary/aromatic N) is 4. The molecule has 0 aliphatic rings. The van der Waals surface area contributed by atoms with Crippen LogP contribution in [0.15, 0.2) is 56.8 Å². The zero-order valence-corrected chi connectivity index (χ0v) is 18.7. The van der Waals surface area contributed by atoms with Gasteiger partial charge in [-0.05, 0) is 23.6 Å². The van der Waals surface area contributed by atoms with E-state index < -0.39 is 0 Å². The molecule has 1 amide bonds. The van der Waals surface area contributed by atoms with Crippen LogP contribution in [0.4, 0.5) is 5.13 Å². The van der Waals surface area contributed by atoms with Gasteiger partial charge in [0.15, 0.2) is 16.1 Å². The summed E-state index contributed by atoms with van der Waals surface area (Å²) in [5.74, 6) is 0.920. The molecule has 142 valence electrons. The van der Waals surface area contributed by atoms with Gasteiger partial charge < -0.3 is 9.88 Å². The molecule has 6 nitrogen and oxygen atoms in total. The molecular formula is C18H14BrN5OS3. The lowest BCUT2D eigenvalue weighted by Gasteiger charge is -2.03. The Morgan fingerprint density at radius 2 is 2.04 bits per heavy atom. The molecule has 4 rings (SSSR count). The first-order valence-electron chi connectivity index (χ1n) is 8.17. The van der Waals surface area contributed by atoms with Crippen LogP contribution in [0.1, 0.15) is 0 Å². The summed E-state index contributed by atoms with van der Waals surface area (Å²) in [6, 6.07) is 11.9. The molecule has 0 bridgehead atoms. The van der Waals surface area contributed by atoms with Crippen molar-refractivity contribution in [3.8, 4) is 22.0 Å². The molecule has 28 heavy (non-hydrogen) atoms. The fourth-order valence-electron chi connectivity index (χ4n) is 2.43. The number of amides is 1. The Kier molecular flexibility index (Phi) is 5.90. The number of nitrogens with one attached hydrogen (secondary N) is 1. The number of anilines is 1. The second-order valence-electron chi connectivity index (χ2n) is 5.72. The Balaban J connectivity index is 1.36. The highest BCUT2D eigenvalue weighted by molar-refractivity contribution is 9.10. The summed E-state index contributed by atoms with van der Waals surface area (Å²) in [5, 5.41) is 16.5.